The van der Waals surface area contributed by atoms with Gasteiger partial charge in [0.15, 0.2) is 0 Å². The van der Waals surface area contributed by atoms with Crippen LogP contribution in [0, 0.1) is 0 Å². The van der Waals surface area contributed by atoms with E-state index in [0.717, 1.165) is 16.5 Å². The van der Waals surface area contributed by atoms with Crippen LogP contribution in [-0.2, 0) is 5.41 Å². The average Bonchev–Trinajstić information content (AvgIpc) is 2.45. The van der Waals surface area contributed by atoms with E-state index in [1.54, 1.807) is 12.5 Å². The zero-order chi connectivity index (χ0) is 9.47. The SMILES string of the molecule is CC(C)(C)c1occ2ccncc12. The first-order valence-corrected chi connectivity index (χ1v) is 4.41. The van der Waals surface area contributed by atoms with Gasteiger partial charge in [0.05, 0.1) is 6.26 Å². The molecule has 0 aromatic carbocycles. The fraction of sp³-hybridized carbons (Fsp3) is 0.364. The summed E-state index contributed by atoms with van der Waals surface area (Å²) in [5, 5.41) is 2.25. The summed E-state index contributed by atoms with van der Waals surface area (Å²) in [6.45, 7) is 6.41. The van der Waals surface area contributed by atoms with Gasteiger partial charge in [-0.1, -0.05) is 20.8 Å². The van der Waals surface area contributed by atoms with Gasteiger partial charge < -0.3 is 4.42 Å². The van der Waals surface area contributed by atoms with Crippen molar-refractivity contribution in [2.75, 3.05) is 0 Å². The molecule has 2 heteroatoms. The number of furan rings is 1. The summed E-state index contributed by atoms with van der Waals surface area (Å²) in [5.74, 6) is 1.01. The largest absolute Gasteiger partial charge is 0.467 e. The number of pyridine rings is 1. The average molecular weight is 175 g/mol. The van der Waals surface area contributed by atoms with Gasteiger partial charge in [-0.25, -0.2) is 0 Å². The van der Waals surface area contributed by atoms with Gasteiger partial charge in [-0.15, -0.1) is 0 Å². The number of hydrogen-bond donors (Lipinski definition) is 0. The first kappa shape index (κ1) is 8.30. The molecule has 0 spiro atoms. The van der Waals surface area contributed by atoms with Crippen molar-refractivity contribution in [2.24, 2.45) is 0 Å². The second kappa shape index (κ2) is 2.59. The summed E-state index contributed by atoms with van der Waals surface area (Å²) >= 11 is 0. The van der Waals surface area contributed by atoms with Gasteiger partial charge in [0.2, 0.25) is 0 Å². The van der Waals surface area contributed by atoms with Gasteiger partial charge in [0, 0.05) is 28.6 Å². The van der Waals surface area contributed by atoms with Gasteiger partial charge in [0.25, 0.3) is 0 Å². The first-order chi connectivity index (χ1) is 6.09. The standard InChI is InChI=1S/C11H13NO/c1-11(2,3)10-9-6-12-5-4-8(9)7-13-10/h4-7H,1-3H3. The molecule has 68 valence electrons. The van der Waals surface area contributed by atoms with Crippen LogP contribution in [0.1, 0.15) is 26.5 Å². The van der Waals surface area contributed by atoms with Crippen molar-refractivity contribution < 1.29 is 4.42 Å². The van der Waals surface area contributed by atoms with Crippen molar-refractivity contribution in [3.8, 4) is 0 Å². The lowest BCUT2D eigenvalue weighted by Gasteiger charge is -2.14. The summed E-state index contributed by atoms with van der Waals surface area (Å²) in [4.78, 5) is 4.10. The van der Waals surface area contributed by atoms with Crippen LogP contribution in [0.2, 0.25) is 0 Å². The topological polar surface area (TPSA) is 26.0 Å². The maximum atomic E-state index is 5.54. The molecule has 0 N–H and O–H groups in total. The fourth-order valence-corrected chi connectivity index (χ4v) is 1.46. The third-order valence-electron chi connectivity index (χ3n) is 2.08. The van der Waals surface area contributed by atoms with Gasteiger partial charge in [-0.05, 0) is 6.07 Å². The minimum absolute atomic E-state index is 0.0464. The molecule has 2 rings (SSSR count). The highest BCUT2D eigenvalue weighted by Gasteiger charge is 2.20. The number of hydrogen-bond acceptors (Lipinski definition) is 2. The van der Waals surface area contributed by atoms with Crippen LogP contribution in [0.3, 0.4) is 0 Å². The Balaban J connectivity index is 2.72. The van der Waals surface area contributed by atoms with Gasteiger partial charge in [0.1, 0.15) is 5.76 Å². The predicted octanol–water partition coefficient (Wildman–Crippen LogP) is 3.13. The number of aromatic nitrogens is 1. The Morgan fingerprint density at radius 1 is 1.31 bits per heavy atom. The van der Waals surface area contributed by atoms with Crippen molar-refractivity contribution in [3.63, 3.8) is 0 Å². The molecule has 0 saturated carbocycles. The van der Waals surface area contributed by atoms with Crippen LogP contribution in [0.5, 0.6) is 0 Å². The highest BCUT2D eigenvalue weighted by Crippen LogP contribution is 2.30. The second-order valence-electron chi connectivity index (χ2n) is 4.28. The number of nitrogens with zero attached hydrogens (tertiary/aromatic N) is 1. The van der Waals surface area contributed by atoms with Crippen LogP contribution >= 0.6 is 0 Å². The molecule has 0 aliphatic rings. The Morgan fingerprint density at radius 3 is 2.77 bits per heavy atom. The van der Waals surface area contributed by atoms with Crippen LogP contribution in [-0.4, -0.2) is 4.98 Å². The molecule has 0 aliphatic heterocycles. The van der Waals surface area contributed by atoms with Crippen molar-refractivity contribution in [3.05, 3.63) is 30.5 Å². The molecule has 0 aliphatic carbocycles. The lowest BCUT2D eigenvalue weighted by molar-refractivity contribution is 0.415. The molecule has 0 atom stereocenters. The Kier molecular flexibility index (Phi) is 1.65. The highest BCUT2D eigenvalue weighted by atomic mass is 16.3. The summed E-state index contributed by atoms with van der Waals surface area (Å²) in [6, 6.07) is 1.97. The quantitative estimate of drug-likeness (QED) is 0.614. The van der Waals surface area contributed by atoms with E-state index in [0.29, 0.717) is 0 Å². The zero-order valence-electron chi connectivity index (χ0n) is 8.16. The molecule has 13 heavy (non-hydrogen) atoms. The minimum Gasteiger partial charge on any atom is -0.467 e. The number of fused-ring (bicyclic) bond motifs is 1. The summed E-state index contributed by atoms with van der Waals surface area (Å²) in [6.07, 6.45) is 5.43. The summed E-state index contributed by atoms with van der Waals surface area (Å²) < 4.78 is 5.54. The highest BCUT2D eigenvalue weighted by molar-refractivity contribution is 5.83. The van der Waals surface area contributed by atoms with Crippen LogP contribution in [0.15, 0.2) is 29.1 Å². The summed E-state index contributed by atoms with van der Waals surface area (Å²) in [7, 11) is 0. The number of rotatable bonds is 0. The van der Waals surface area contributed by atoms with E-state index >= 15 is 0 Å². The van der Waals surface area contributed by atoms with E-state index in [4.69, 9.17) is 4.42 Å². The van der Waals surface area contributed by atoms with Crippen molar-refractivity contribution >= 4 is 10.8 Å². The van der Waals surface area contributed by atoms with E-state index in [1.165, 1.54) is 0 Å². The smallest absolute Gasteiger partial charge is 0.118 e. The Labute approximate surface area is 77.6 Å². The molecule has 0 fully saturated rings. The van der Waals surface area contributed by atoms with Crippen molar-refractivity contribution in [2.45, 2.75) is 26.2 Å². The van der Waals surface area contributed by atoms with E-state index in [1.807, 2.05) is 12.3 Å². The van der Waals surface area contributed by atoms with Crippen molar-refractivity contribution in [1.29, 1.82) is 0 Å². The van der Waals surface area contributed by atoms with Gasteiger partial charge in [-0.3, -0.25) is 4.98 Å². The minimum atomic E-state index is 0.0464. The van der Waals surface area contributed by atoms with Gasteiger partial charge >= 0.3 is 0 Å². The van der Waals surface area contributed by atoms with Crippen LogP contribution < -0.4 is 0 Å². The monoisotopic (exact) mass is 175 g/mol. The molecule has 2 aromatic heterocycles. The molecule has 0 saturated heterocycles. The van der Waals surface area contributed by atoms with Crippen molar-refractivity contribution in [1.82, 2.24) is 4.98 Å². The Hall–Kier alpha value is -1.31. The third kappa shape index (κ3) is 1.32. The Bertz CT molecular complexity index is 423. The molecule has 2 nitrogen and oxygen atoms in total. The summed E-state index contributed by atoms with van der Waals surface area (Å²) in [5.41, 5.74) is 0.0464. The molecule has 0 unspecified atom stereocenters. The van der Waals surface area contributed by atoms with E-state index in [-0.39, 0.29) is 5.41 Å². The van der Waals surface area contributed by atoms with Crippen LogP contribution in [0.4, 0.5) is 0 Å². The first-order valence-electron chi connectivity index (χ1n) is 4.41. The third-order valence-corrected chi connectivity index (χ3v) is 2.08. The predicted molar refractivity (Wildman–Crippen MR) is 52.7 cm³/mol. The van der Waals surface area contributed by atoms with Gasteiger partial charge in [-0.2, -0.15) is 0 Å². The molecule has 0 radical (unpaired) electrons. The molecule has 0 bridgehead atoms. The molecule has 2 heterocycles. The Morgan fingerprint density at radius 2 is 2.08 bits per heavy atom. The maximum Gasteiger partial charge on any atom is 0.118 e. The molecular formula is C11H13NO. The second-order valence-corrected chi connectivity index (χ2v) is 4.28. The lowest BCUT2D eigenvalue weighted by Crippen LogP contribution is -2.09. The normalized spacial score (nSPS) is 12.2. The fourth-order valence-electron chi connectivity index (χ4n) is 1.46. The molecule has 0 amide bonds. The maximum absolute atomic E-state index is 5.54. The lowest BCUT2D eigenvalue weighted by atomic mass is 9.91. The van der Waals surface area contributed by atoms with E-state index < -0.39 is 0 Å². The van der Waals surface area contributed by atoms with E-state index in [2.05, 4.69) is 25.8 Å². The van der Waals surface area contributed by atoms with Crippen LogP contribution in [0.25, 0.3) is 10.8 Å². The molecular weight excluding hydrogens is 162 g/mol. The zero-order valence-corrected chi connectivity index (χ0v) is 8.16. The molecule has 2 aromatic rings. The van der Waals surface area contributed by atoms with E-state index in [9.17, 15) is 0 Å².